The number of ether oxygens (including phenoxy) is 1. The van der Waals surface area contributed by atoms with Crippen molar-refractivity contribution in [2.45, 2.75) is 0 Å². The highest BCUT2D eigenvalue weighted by Gasteiger charge is 2.23. The van der Waals surface area contributed by atoms with Crippen LogP contribution in [0.15, 0.2) is 121 Å². The molecule has 0 unspecified atom stereocenters. The first-order chi connectivity index (χ1) is 18.3. The Morgan fingerprint density at radius 3 is 1.84 bits per heavy atom. The lowest BCUT2D eigenvalue weighted by atomic mass is 9.91. The number of aromatic nitrogens is 2. The Hall–Kier alpha value is -5.02. The number of hydrogen-bond donors (Lipinski definition) is 0. The third-order valence-electron chi connectivity index (χ3n) is 7.24. The van der Waals surface area contributed by atoms with Crippen molar-refractivity contribution < 1.29 is 4.74 Å². The zero-order valence-corrected chi connectivity index (χ0v) is 19.8. The number of benzene rings is 6. The van der Waals surface area contributed by atoms with Crippen molar-refractivity contribution in [3.8, 4) is 45.4 Å². The molecule has 1 aromatic heterocycles. The van der Waals surface area contributed by atoms with E-state index in [1.54, 1.807) is 0 Å². The molecule has 0 aliphatic carbocycles. The molecular formula is C34H20N2O. The molecule has 0 atom stereocenters. The van der Waals surface area contributed by atoms with Crippen LogP contribution in [0.1, 0.15) is 0 Å². The van der Waals surface area contributed by atoms with E-state index in [0.717, 1.165) is 50.3 Å². The van der Waals surface area contributed by atoms with Crippen LogP contribution in [0.3, 0.4) is 0 Å². The Kier molecular flexibility index (Phi) is 4.23. The van der Waals surface area contributed by atoms with E-state index in [0.29, 0.717) is 5.82 Å². The molecule has 8 rings (SSSR count). The second-order valence-corrected chi connectivity index (χ2v) is 9.42. The predicted molar refractivity (Wildman–Crippen MR) is 151 cm³/mol. The normalized spacial score (nSPS) is 12.0. The first kappa shape index (κ1) is 20.2. The molecular weight excluding hydrogens is 452 g/mol. The summed E-state index contributed by atoms with van der Waals surface area (Å²) in [6, 6.07) is 41.8. The van der Waals surface area contributed by atoms with Crippen molar-refractivity contribution in [3.63, 3.8) is 0 Å². The predicted octanol–water partition coefficient (Wildman–Crippen LogP) is 9.04. The van der Waals surface area contributed by atoms with Crippen LogP contribution in [-0.4, -0.2) is 9.97 Å². The Morgan fingerprint density at radius 2 is 1.08 bits per heavy atom. The van der Waals surface area contributed by atoms with E-state index in [1.165, 1.54) is 21.5 Å². The van der Waals surface area contributed by atoms with Crippen LogP contribution < -0.4 is 4.74 Å². The standard InChI is InChI=1S/C34H20N2O/c1-3-8-21(9-4-1)27-20-28(36-34(35-27)25-10-5-2-6-11-25)26-19-18-24-17-16-23-15-14-22-12-7-13-29-30(22)31(23)32(24)33(26)37-29/h1-20H. The number of rotatable bonds is 3. The van der Waals surface area contributed by atoms with Gasteiger partial charge in [-0.15, -0.1) is 0 Å². The number of hydrogen-bond acceptors (Lipinski definition) is 3. The minimum Gasteiger partial charge on any atom is -0.455 e. The Balaban J connectivity index is 1.46. The summed E-state index contributed by atoms with van der Waals surface area (Å²) in [5, 5.41) is 7.12. The Morgan fingerprint density at radius 1 is 0.459 bits per heavy atom. The molecule has 6 aromatic carbocycles. The largest absolute Gasteiger partial charge is 0.455 e. The second-order valence-electron chi connectivity index (χ2n) is 9.42. The van der Waals surface area contributed by atoms with Gasteiger partial charge >= 0.3 is 0 Å². The van der Waals surface area contributed by atoms with Gasteiger partial charge in [0.1, 0.15) is 11.5 Å². The molecule has 1 aliphatic rings. The molecule has 0 saturated heterocycles. The fourth-order valence-corrected chi connectivity index (χ4v) is 5.51. The van der Waals surface area contributed by atoms with Crippen molar-refractivity contribution in [2.24, 2.45) is 0 Å². The van der Waals surface area contributed by atoms with Gasteiger partial charge in [0.15, 0.2) is 5.82 Å². The fraction of sp³-hybridized carbons (Fsp3) is 0. The van der Waals surface area contributed by atoms with Gasteiger partial charge < -0.3 is 4.74 Å². The highest BCUT2D eigenvalue weighted by Crippen LogP contribution is 2.50. The minimum atomic E-state index is 0.695. The van der Waals surface area contributed by atoms with Gasteiger partial charge in [-0.05, 0) is 34.4 Å². The van der Waals surface area contributed by atoms with Crippen LogP contribution in [0.25, 0.3) is 66.2 Å². The summed E-state index contributed by atoms with van der Waals surface area (Å²) in [5.74, 6) is 2.43. The third kappa shape index (κ3) is 3.08. The van der Waals surface area contributed by atoms with Gasteiger partial charge in [-0.1, -0.05) is 103 Å². The van der Waals surface area contributed by atoms with E-state index in [4.69, 9.17) is 14.7 Å². The first-order valence-electron chi connectivity index (χ1n) is 12.4. The fourth-order valence-electron chi connectivity index (χ4n) is 5.51. The zero-order chi connectivity index (χ0) is 24.3. The summed E-state index contributed by atoms with van der Waals surface area (Å²) in [6.45, 7) is 0. The maximum atomic E-state index is 6.70. The quantitative estimate of drug-likeness (QED) is 0.241. The molecule has 0 radical (unpaired) electrons. The lowest BCUT2D eigenvalue weighted by molar-refractivity contribution is 0.494. The SMILES string of the molecule is c1ccc(-c2cc(-c3ccc4ccc5ccc6cccc7c6c5c4c3O7)nc(-c3ccccc3)n2)cc1. The summed E-state index contributed by atoms with van der Waals surface area (Å²) < 4.78 is 6.70. The summed E-state index contributed by atoms with van der Waals surface area (Å²) >= 11 is 0. The monoisotopic (exact) mass is 472 g/mol. The van der Waals surface area contributed by atoms with Crippen LogP contribution in [0.2, 0.25) is 0 Å². The zero-order valence-electron chi connectivity index (χ0n) is 19.8. The summed E-state index contributed by atoms with van der Waals surface area (Å²) in [4.78, 5) is 10.0. The van der Waals surface area contributed by atoms with Gasteiger partial charge in [0, 0.05) is 32.8 Å². The van der Waals surface area contributed by atoms with Gasteiger partial charge in [-0.3, -0.25) is 0 Å². The third-order valence-corrected chi connectivity index (χ3v) is 7.24. The smallest absolute Gasteiger partial charge is 0.160 e. The minimum absolute atomic E-state index is 0.695. The van der Waals surface area contributed by atoms with Crippen molar-refractivity contribution in [1.29, 1.82) is 0 Å². The maximum absolute atomic E-state index is 6.70. The topological polar surface area (TPSA) is 35.0 Å². The van der Waals surface area contributed by atoms with Crippen LogP contribution >= 0.6 is 0 Å². The molecule has 0 N–H and O–H groups in total. The molecule has 2 heterocycles. The van der Waals surface area contributed by atoms with Gasteiger partial charge in [-0.2, -0.15) is 0 Å². The van der Waals surface area contributed by atoms with E-state index in [1.807, 2.05) is 36.4 Å². The first-order valence-corrected chi connectivity index (χ1v) is 12.4. The second kappa shape index (κ2) is 7.74. The molecule has 0 saturated carbocycles. The highest BCUT2D eigenvalue weighted by molar-refractivity contribution is 6.26. The molecule has 0 spiro atoms. The van der Waals surface area contributed by atoms with Gasteiger partial charge in [-0.25, -0.2) is 9.97 Å². The van der Waals surface area contributed by atoms with Crippen LogP contribution in [0, 0.1) is 0 Å². The van der Waals surface area contributed by atoms with Crippen molar-refractivity contribution in [1.82, 2.24) is 9.97 Å². The van der Waals surface area contributed by atoms with Crippen LogP contribution in [0.5, 0.6) is 11.5 Å². The van der Waals surface area contributed by atoms with E-state index < -0.39 is 0 Å². The molecule has 0 bridgehead atoms. The average Bonchev–Trinajstić information content (AvgIpc) is 2.98. The van der Waals surface area contributed by atoms with Gasteiger partial charge in [0.25, 0.3) is 0 Å². The van der Waals surface area contributed by atoms with Crippen molar-refractivity contribution in [2.75, 3.05) is 0 Å². The highest BCUT2D eigenvalue weighted by atomic mass is 16.5. The maximum Gasteiger partial charge on any atom is 0.160 e. The lowest BCUT2D eigenvalue weighted by Crippen LogP contribution is -2.00. The van der Waals surface area contributed by atoms with E-state index in [9.17, 15) is 0 Å². The molecule has 172 valence electrons. The van der Waals surface area contributed by atoms with Gasteiger partial charge in [0.2, 0.25) is 0 Å². The van der Waals surface area contributed by atoms with E-state index in [-0.39, 0.29) is 0 Å². The lowest BCUT2D eigenvalue weighted by Gasteiger charge is -2.22. The Bertz CT molecular complexity index is 1930. The van der Waals surface area contributed by atoms with Gasteiger partial charge in [0.05, 0.1) is 11.4 Å². The van der Waals surface area contributed by atoms with Crippen LogP contribution in [-0.2, 0) is 0 Å². The van der Waals surface area contributed by atoms with Crippen LogP contribution in [0.4, 0.5) is 0 Å². The Labute approximate surface area is 213 Å². The van der Waals surface area contributed by atoms with E-state index in [2.05, 4.69) is 84.9 Å². The summed E-state index contributed by atoms with van der Waals surface area (Å²) in [5.41, 5.74) is 4.72. The number of nitrogens with zero attached hydrogens (tertiary/aromatic N) is 2. The molecule has 37 heavy (non-hydrogen) atoms. The average molecular weight is 473 g/mol. The molecule has 1 aliphatic heterocycles. The molecule has 3 heteroatoms. The molecule has 3 nitrogen and oxygen atoms in total. The van der Waals surface area contributed by atoms with Crippen molar-refractivity contribution >= 4 is 32.3 Å². The molecule has 7 aromatic rings. The summed E-state index contributed by atoms with van der Waals surface area (Å²) in [7, 11) is 0. The molecule has 0 fully saturated rings. The molecule has 0 amide bonds. The van der Waals surface area contributed by atoms with Crippen molar-refractivity contribution in [3.05, 3.63) is 121 Å². The van der Waals surface area contributed by atoms with E-state index >= 15 is 0 Å². The summed E-state index contributed by atoms with van der Waals surface area (Å²) in [6.07, 6.45) is 0.